The summed E-state index contributed by atoms with van der Waals surface area (Å²) in [4.78, 5) is 37.0. The van der Waals surface area contributed by atoms with Gasteiger partial charge >= 0.3 is 12.1 Å². The molecule has 2 unspecified atom stereocenters. The molecule has 0 aromatic heterocycles. The second-order valence-corrected chi connectivity index (χ2v) is 12.0. The summed E-state index contributed by atoms with van der Waals surface area (Å²) in [7, 11) is 0. The molecule has 4 aliphatic carbocycles. The maximum absolute atomic E-state index is 13.1. The Bertz CT molecular complexity index is 1070. The Morgan fingerprint density at radius 3 is 2.78 bits per heavy atom. The van der Waals surface area contributed by atoms with Gasteiger partial charge in [-0.3, -0.25) is 4.79 Å². The number of hydrogen-bond donors (Lipinski definition) is 1. The van der Waals surface area contributed by atoms with E-state index in [2.05, 4.69) is 6.92 Å². The topological polar surface area (TPSA) is 118 Å². The van der Waals surface area contributed by atoms with E-state index < -0.39 is 53.3 Å². The van der Waals surface area contributed by atoms with Crippen molar-refractivity contribution in [1.29, 1.82) is 0 Å². The third-order valence-electron chi connectivity index (χ3n) is 10.1. The first-order valence-electron chi connectivity index (χ1n) is 13.6. The lowest BCUT2D eigenvalue weighted by molar-refractivity contribution is -0.287. The van der Waals surface area contributed by atoms with Gasteiger partial charge in [0.2, 0.25) is 6.10 Å². The molecular weight excluding hydrogens is 480 g/mol. The van der Waals surface area contributed by atoms with Crippen molar-refractivity contribution in [3.8, 4) is 0 Å². The number of ketones is 1. The van der Waals surface area contributed by atoms with Crippen LogP contribution < -0.4 is 0 Å². The van der Waals surface area contributed by atoms with E-state index in [1.807, 2.05) is 19.9 Å². The molecule has 0 radical (unpaired) electrons. The van der Waals surface area contributed by atoms with Crippen LogP contribution >= 0.6 is 0 Å². The van der Waals surface area contributed by atoms with E-state index in [0.717, 1.165) is 24.8 Å². The van der Waals surface area contributed by atoms with Gasteiger partial charge in [0.25, 0.3) is 5.79 Å². The third kappa shape index (κ3) is 3.57. The standard InChI is InChI=1S/C28H36O9/c1-4-5-22-35-21-13-18-17-7-6-15-12-16(29)8-10-26(15,2)23(17)19(30)14-27(18,3)28(21,36-22)37-25(32)34-20-9-11-33-24(20)31/h8,10,12,17-23,30H,4-7,9,11,13-14H2,1-3H3/t17-,18-,19-,20?,21+,22?,23+,26-,27-,28-/m0/s1. The van der Waals surface area contributed by atoms with E-state index in [4.69, 9.17) is 23.7 Å². The van der Waals surface area contributed by atoms with Crippen molar-refractivity contribution < 1.29 is 43.2 Å². The van der Waals surface area contributed by atoms with Gasteiger partial charge in [0.1, 0.15) is 6.10 Å². The van der Waals surface area contributed by atoms with Crippen LogP contribution in [0.15, 0.2) is 23.8 Å². The molecule has 9 heteroatoms. The quantitative estimate of drug-likeness (QED) is 0.560. The minimum absolute atomic E-state index is 0.00256. The fourth-order valence-corrected chi connectivity index (χ4v) is 8.44. The van der Waals surface area contributed by atoms with Crippen LogP contribution in [0.5, 0.6) is 0 Å². The highest BCUT2D eigenvalue weighted by Gasteiger charge is 2.76. The van der Waals surface area contributed by atoms with Crippen LogP contribution in [0.25, 0.3) is 0 Å². The second kappa shape index (κ2) is 8.64. The predicted octanol–water partition coefficient (Wildman–Crippen LogP) is 3.58. The molecular formula is C28H36O9. The zero-order chi connectivity index (χ0) is 26.2. The van der Waals surface area contributed by atoms with Crippen molar-refractivity contribution in [3.63, 3.8) is 0 Å². The summed E-state index contributed by atoms with van der Waals surface area (Å²) in [5.41, 5.74) is -0.0604. The van der Waals surface area contributed by atoms with Gasteiger partial charge in [0, 0.05) is 23.2 Å². The first kappa shape index (κ1) is 25.1. The molecule has 0 aromatic carbocycles. The Kier molecular flexibility index (Phi) is 5.86. The van der Waals surface area contributed by atoms with Crippen LogP contribution in [0.4, 0.5) is 4.79 Å². The Morgan fingerprint density at radius 2 is 2.05 bits per heavy atom. The summed E-state index contributed by atoms with van der Waals surface area (Å²) in [6, 6.07) is 0. The van der Waals surface area contributed by atoms with E-state index in [9.17, 15) is 19.5 Å². The number of carbonyl (C=O) groups excluding carboxylic acids is 3. The maximum atomic E-state index is 13.1. The fraction of sp³-hybridized carbons (Fsp3) is 0.750. The molecule has 2 aliphatic heterocycles. The van der Waals surface area contributed by atoms with Gasteiger partial charge in [-0.05, 0) is 56.1 Å². The Balaban J connectivity index is 1.33. The normalized spacial score (nSPS) is 47.9. The molecule has 0 spiro atoms. The van der Waals surface area contributed by atoms with Crippen LogP contribution in [-0.2, 0) is 33.3 Å². The zero-order valence-corrected chi connectivity index (χ0v) is 21.6. The highest BCUT2D eigenvalue weighted by Crippen LogP contribution is 2.69. The summed E-state index contributed by atoms with van der Waals surface area (Å²) in [5.74, 6) is -1.91. The van der Waals surface area contributed by atoms with Crippen molar-refractivity contribution in [2.45, 2.75) is 96.1 Å². The summed E-state index contributed by atoms with van der Waals surface area (Å²) < 4.78 is 29.2. The molecule has 5 fully saturated rings. The molecule has 0 aromatic rings. The minimum atomic E-state index is -1.43. The molecule has 0 bridgehead atoms. The van der Waals surface area contributed by atoms with E-state index in [-0.39, 0.29) is 36.6 Å². The summed E-state index contributed by atoms with van der Waals surface area (Å²) >= 11 is 0. The highest BCUT2D eigenvalue weighted by atomic mass is 16.9. The van der Waals surface area contributed by atoms with Crippen LogP contribution in [0.3, 0.4) is 0 Å². The maximum Gasteiger partial charge on any atom is 0.511 e. The van der Waals surface area contributed by atoms with Crippen molar-refractivity contribution in [3.05, 3.63) is 23.8 Å². The van der Waals surface area contributed by atoms with Crippen LogP contribution in [-0.4, -0.2) is 60.0 Å². The molecule has 6 rings (SSSR count). The number of fused-ring (bicyclic) bond motifs is 7. The van der Waals surface area contributed by atoms with Gasteiger partial charge in [0.05, 0.1) is 12.7 Å². The van der Waals surface area contributed by atoms with Gasteiger partial charge in [0.15, 0.2) is 12.1 Å². The Morgan fingerprint density at radius 1 is 1.24 bits per heavy atom. The number of carbonyl (C=O) groups is 3. The van der Waals surface area contributed by atoms with E-state index in [0.29, 0.717) is 19.3 Å². The predicted molar refractivity (Wildman–Crippen MR) is 128 cm³/mol. The molecule has 6 aliphatic rings. The average Bonchev–Trinajstić information content (AvgIpc) is 3.45. The zero-order valence-electron chi connectivity index (χ0n) is 21.6. The largest absolute Gasteiger partial charge is 0.511 e. The first-order chi connectivity index (χ1) is 17.6. The number of aliphatic hydroxyl groups excluding tert-OH is 1. The Labute approximate surface area is 216 Å². The molecule has 1 N–H and O–H groups in total. The summed E-state index contributed by atoms with van der Waals surface area (Å²) in [5, 5.41) is 11.7. The second-order valence-electron chi connectivity index (χ2n) is 12.0. The van der Waals surface area contributed by atoms with E-state index in [1.54, 1.807) is 12.2 Å². The van der Waals surface area contributed by atoms with Crippen LogP contribution in [0.1, 0.15) is 65.7 Å². The van der Waals surface area contributed by atoms with Crippen molar-refractivity contribution in [2.24, 2.45) is 28.6 Å². The smallest absolute Gasteiger partial charge is 0.463 e. The van der Waals surface area contributed by atoms with Crippen LogP contribution in [0, 0.1) is 28.6 Å². The first-order valence-corrected chi connectivity index (χ1v) is 13.6. The third-order valence-corrected chi connectivity index (χ3v) is 10.1. The summed E-state index contributed by atoms with van der Waals surface area (Å²) in [6.45, 7) is 6.38. The Hall–Kier alpha value is -2.23. The van der Waals surface area contributed by atoms with Gasteiger partial charge in [-0.25, -0.2) is 9.59 Å². The highest BCUT2D eigenvalue weighted by molar-refractivity contribution is 6.01. The van der Waals surface area contributed by atoms with E-state index >= 15 is 0 Å². The minimum Gasteiger partial charge on any atom is -0.463 e. The van der Waals surface area contributed by atoms with Crippen LogP contribution in [0.2, 0.25) is 0 Å². The summed E-state index contributed by atoms with van der Waals surface area (Å²) in [6.07, 6.45) is 5.93. The van der Waals surface area contributed by atoms with Gasteiger partial charge in [-0.2, -0.15) is 0 Å². The van der Waals surface area contributed by atoms with Gasteiger partial charge in [-0.1, -0.05) is 38.8 Å². The molecule has 2 saturated heterocycles. The molecule has 10 atom stereocenters. The number of hydrogen-bond acceptors (Lipinski definition) is 9. The van der Waals surface area contributed by atoms with Crippen molar-refractivity contribution in [2.75, 3.05) is 6.61 Å². The lowest BCUT2D eigenvalue weighted by Crippen LogP contribution is -2.61. The lowest BCUT2D eigenvalue weighted by Gasteiger charge is -2.59. The lowest BCUT2D eigenvalue weighted by atomic mass is 9.47. The number of cyclic esters (lactones) is 1. The molecule has 3 saturated carbocycles. The van der Waals surface area contributed by atoms with Gasteiger partial charge in [-0.15, -0.1) is 0 Å². The van der Waals surface area contributed by atoms with Gasteiger partial charge < -0.3 is 28.8 Å². The molecule has 0 amide bonds. The molecule has 9 nitrogen and oxygen atoms in total. The number of rotatable bonds is 4. The number of esters is 1. The molecule has 37 heavy (non-hydrogen) atoms. The van der Waals surface area contributed by atoms with Crippen molar-refractivity contribution >= 4 is 17.9 Å². The monoisotopic (exact) mass is 516 g/mol. The van der Waals surface area contributed by atoms with Crippen molar-refractivity contribution in [1.82, 2.24) is 0 Å². The average molecular weight is 517 g/mol. The fourth-order valence-electron chi connectivity index (χ4n) is 8.44. The molecule has 202 valence electrons. The number of ether oxygens (including phenoxy) is 5. The SMILES string of the molecule is CCCC1O[C@@H]2C[C@H]3[C@@H]4CCC5=CC(=O)C=C[C@]5(C)[C@H]4[C@@H](O)C[C@]3(C)[C@]2(OC(=O)OC2CCOC2=O)O1. The number of allylic oxidation sites excluding steroid dienone is 4. The number of aliphatic hydroxyl groups is 1. The van der Waals surface area contributed by atoms with E-state index in [1.165, 1.54) is 0 Å². The molecule has 2 heterocycles.